The van der Waals surface area contributed by atoms with Crippen molar-refractivity contribution in [3.05, 3.63) is 47.8 Å². The Bertz CT molecular complexity index is 1020. The zero-order valence-corrected chi connectivity index (χ0v) is 25.6. The van der Waals surface area contributed by atoms with E-state index in [1.807, 2.05) is 18.0 Å². The average Bonchev–Trinajstić information content (AvgIpc) is 2.99. The summed E-state index contributed by atoms with van der Waals surface area (Å²) in [7, 11) is 3.60. The number of piperidine rings is 1. The van der Waals surface area contributed by atoms with Gasteiger partial charge in [-0.2, -0.15) is 0 Å². The summed E-state index contributed by atoms with van der Waals surface area (Å²) in [5.41, 5.74) is -0.575. The molecule has 2 amide bonds. The number of unbranched alkanes of at least 4 members (excludes halogenated alkanes) is 1. The van der Waals surface area contributed by atoms with Crippen molar-refractivity contribution in [2.24, 2.45) is 11.8 Å². The summed E-state index contributed by atoms with van der Waals surface area (Å²) in [6, 6.07) is 6.38. The number of aliphatic carboxylic acids is 2. The molecule has 0 aromatic heterocycles. The van der Waals surface area contributed by atoms with Crippen molar-refractivity contribution < 1.29 is 38.8 Å². The first-order chi connectivity index (χ1) is 20.6. The van der Waals surface area contributed by atoms with Crippen LogP contribution in [0.4, 0.5) is 9.18 Å². The molecule has 2 aliphatic rings. The molecule has 1 aromatic carbocycles. The molecule has 1 aromatic rings. The number of hydrogen-bond donors (Lipinski definition) is 5. The molecule has 0 bridgehead atoms. The highest BCUT2D eigenvalue weighted by Gasteiger charge is 2.41. The fourth-order valence-corrected chi connectivity index (χ4v) is 6.21. The normalized spacial score (nSPS) is 19.6. The van der Waals surface area contributed by atoms with Gasteiger partial charge in [0, 0.05) is 57.5 Å². The monoisotopic (exact) mass is 607 g/mol. The minimum atomic E-state index is -1.26. The summed E-state index contributed by atoms with van der Waals surface area (Å²) in [6.45, 7) is 2.54. The third kappa shape index (κ3) is 13.0. The van der Waals surface area contributed by atoms with Gasteiger partial charge in [0.05, 0.1) is 5.60 Å². The summed E-state index contributed by atoms with van der Waals surface area (Å²) in [5.74, 6) is -2.32. The maximum Gasteiger partial charge on any atom is 0.328 e. The van der Waals surface area contributed by atoms with Crippen molar-refractivity contribution in [2.75, 3.05) is 40.4 Å². The number of nitrogens with one attached hydrogen (secondary N) is 2. The number of amides is 2. The van der Waals surface area contributed by atoms with Crippen LogP contribution in [-0.4, -0.2) is 84.6 Å². The minimum absolute atomic E-state index is 0.0493. The topological polar surface area (TPSA) is 148 Å². The molecule has 1 aliphatic carbocycles. The predicted molar refractivity (Wildman–Crippen MR) is 162 cm³/mol. The predicted octanol–water partition coefficient (Wildman–Crippen LogP) is 4.52. The Hall–Kier alpha value is -3.02. The van der Waals surface area contributed by atoms with E-state index in [9.17, 15) is 23.9 Å². The fourth-order valence-electron chi connectivity index (χ4n) is 6.21. The lowest BCUT2D eigenvalue weighted by molar-refractivity contribution is -0.134. The molecule has 10 nitrogen and oxygen atoms in total. The van der Waals surface area contributed by atoms with Gasteiger partial charge in [0.1, 0.15) is 5.82 Å². The van der Waals surface area contributed by atoms with Crippen LogP contribution in [0.3, 0.4) is 0 Å². The Balaban J connectivity index is 0.000000708. The molecule has 0 unspecified atom stereocenters. The summed E-state index contributed by atoms with van der Waals surface area (Å²) < 4.78 is 19.3. The summed E-state index contributed by atoms with van der Waals surface area (Å²) >= 11 is 0. The number of benzene rings is 1. The maximum absolute atomic E-state index is 14.1. The summed E-state index contributed by atoms with van der Waals surface area (Å²) in [6.07, 6.45) is 12.3. The number of ether oxygens (including phenoxy) is 1. The molecule has 43 heavy (non-hydrogen) atoms. The maximum atomic E-state index is 14.1. The number of methoxy groups -OCH3 is 1. The molecular formula is C32H50FN3O7. The molecule has 1 heterocycles. The number of halogens is 1. The van der Waals surface area contributed by atoms with Crippen LogP contribution in [0.25, 0.3) is 0 Å². The molecule has 3 atom stereocenters. The first-order valence-electron chi connectivity index (χ1n) is 15.4. The van der Waals surface area contributed by atoms with Crippen molar-refractivity contribution in [2.45, 2.75) is 82.3 Å². The molecule has 0 radical (unpaired) electrons. The van der Waals surface area contributed by atoms with Gasteiger partial charge in [-0.3, -0.25) is 0 Å². The Morgan fingerprint density at radius 1 is 1.09 bits per heavy atom. The lowest BCUT2D eigenvalue weighted by Gasteiger charge is -2.43. The standard InChI is InChI=1S/C28H46FN3O3.C4H4O4/c1-30-20-26(18-22-10-4-3-5-11-22)31-27(33)32-16-9-13-24(21-32)28(34,15-6-7-17-35-2)23-12-8-14-25(29)19-23;5-3(6)1-2-4(7)8/h8,12,14,19,22,24,26,30,34H,3-7,9-11,13,15-18,20-21H2,1-2H3,(H,31,33);1-2H,(H,5,6)(H,7,8)/b;2-1+/t24-,26+,28-;/m1./s1. The van der Waals surface area contributed by atoms with E-state index in [2.05, 4.69) is 10.6 Å². The van der Waals surface area contributed by atoms with Crippen LogP contribution in [0, 0.1) is 17.7 Å². The number of carbonyl (C=O) groups is 3. The fraction of sp³-hybridized carbons (Fsp3) is 0.656. The van der Waals surface area contributed by atoms with Crippen molar-refractivity contribution in [3.8, 4) is 0 Å². The van der Waals surface area contributed by atoms with E-state index in [0.717, 1.165) is 38.6 Å². The second kappa shape index (κ2) is 19.3. The molecular weight excluding hydrogens is 557 g/mol. The van der Waals surface area contributed by atoms with Gasteiger partial charge in [0.25, 0.3) is 0 Å². The highest BCUT2D eigenvalue weighted by molar-refractivity contribution is 5.89. The van der Waals surface area contributed by atoms with Crippen LogP contribution in [0.5, 0.6) is 0 Å². The first-order valence-corrected chi connectivity index (χ1v) is 15.4. The van der Waals surface area contributed by atoms with Crippen molar-refractivity contribution in [1.29, 1.82) is 0 Å². The van der Waals surface area contributed by atoms with Crippen molar-refractivity contribution in [1.82, 2.24) is 15.5 Å². The minimum Gasteiger partial charge on any atom is -0.478 e. The number of likely N-dealkylation sites (tertiary alicyclic amines) is 1. The van der Waals surface area contributed by atoms with E-state index in [-0.39, 0.29) is 23.8 Å². The van der Waals surface area contributed by atoms with Gasteiger partial charge in [-0.25, -0.2) is 18.8 Å². The molecule has 0 spiro atoms. The molecule has 1 saturated heterocycles. The highest BCUT2D eigenvalue weighted by Crippen LogP contribution is 2.40. The number of rotatable bonds is 14. The number of urea groups is 1. The van der Waals surface area contributed by atoms with Crippen LogP contribution < -0.4 is 10.6 Å². The third-order valence-corrected chi connectivity index (χ3v) is 8.35. The lowest BCUT2D eigenvalue weighted by Crippen LogP contribution is -2.54. The Labute approximate surface area is 254 Å². The first kappa shape index (κ1) is 36.2. The van der Waals surface area contributed by atoms with Crippen molar-refractivity contribution >= 4 is 18.0 Å². The smallest absolute Gasteiger partial charge is 0.328 e. The molecule has 1 saturated carbocycles. The third-order valence-electron chi connectivity index (χ3n) is 8.35. The highest BCUT2D eigenvalue weighted by atomic mass is 19.1. The number of likely N-dealkylation sites (N-methyl/N-ethyl adjacent to an activating group) is 1. The van der Waals surface area contributed by atoms with Gasteiger partial charge >= 0.3 is 18.0 Å². The number of aliphatic hydroxyl groups is 1. The van der Waals surface area contributed by atoms with E-state index >= 15 is 0 Å². The van der Waals surface area contributed by atoms with E-state index in [4.69, 9.17) is 14.9 Å². The largest absolute Gasteiger partial charge is 0.478 e. The van der Waals surface area contributed by atoms with E-state index in [0.29, 0.717) is 49.8 Å². The lowest BCUT2D eigenvalue weighted by atomic mass is 9.74. The van der Waals surface area contributed by atoms with Gasteiger partial charge < -0.3 is 35.6 Å². The van der Waals surface area contributed by atoms with Gasteiger partial charge in [-0.05, 0) is 69.2 Å². The van der Waals surface area contributed by atoms with Crippen LogP contribution in [0.1, 0.15) is 76.2 Å². The Morgan fingerprint density at radius 2 is 1.79 bits per heavy atom. The Kier molecular flexibility index (Phi) is 16.2. The SMILES string of the molecule is CNC[C@H](CC1CCCCC1)NC(=O)N1CCC[C@@H]([C@@](O)(CCCCOC)c2cccc(F)c2)C1.O=C(O)/C=C/C(=O)O. The van der Waals surface area contributed by atoms with E-state index in [1.54, 1.807) is 13.2 Å². The number of hydrogen-bond acceptors (Lipinski definition) is 6. The molecule has 1 aliphatic heterocycles. The van der Waals surface area contributed by atoms with Gasteiger partial charge in [0.2, 0.25) is 0 Å². The van der Waals surface area contributed by atoms with Crippen LogP contribution in [-0.2, 0) is 19.9 Å². The molecule has 11 heteroatoms. The van der Waals surface area contributed by atoms with E-state index in [1.165, 1.54) is 44.2 Å². The number of carboxylic acids is 2. The van der Waals surface area contributed by atoms with Crippen LogP contribution in [0.15, 0.2) is 36.4 Å². The summed E-state index contributed by atoms with van der Waals surface area (Å²) in [5, 5.41) is 34.1. The van der Waals surface area contributed by atoms with E-state index < -0.39 is 17.5 Å². The Morgan fingerprint density at radius 3 is 2.40 bits per heavy atom. The number of carbonyl (C=O) groups excluding carboxylic acids is 1. The summed E-state index contributed by atoms with van der Waals surface area (Å²) in [4.78, 5) is 34.3. The van der Waals surface area contributed by atoms with Crippen molar-refractivity contribution in [3.63, 3.8) is 0 Å². The quantitative estimate of drug-likeness (QED) is 0.153. The van der Waals surface area contributed by atoms with Gasteiger partial charge in [-0.15, -0.1) is 0 Å². The zero-order chi connectivity index (χ0) is 31.7. The second-order valence-electron chi connectivity index (χ2n) is 11.6. The molecule has 2 fully saturated rings. The molecule has 3 rings (SSSR count). The van der Waals surface area contributed by atoms with Gasteiger partial charge in [-0.1, -0.05) is 44.2 Å². The number of nitrogens with zero attached hydrogens (tertiary/aromatic N) is 1. The zero-order valence-electron chi connectivity index (χ0n) is 25.6. The molecule has 242 valence electrons. The van der Waals surface area contributed by atoms with Crippen LogP contribution in [0.2, 0.25) is 0 Å². The molecule has 5 N–H and O–H groups in total. The van der Waals surface area contributed by atoms with Crippen LogP contribution >= 0.6 is 0 Å². The van der Waals surface area contributed by atoms with Gasteiger partial charge in [0.15, 0.2) is 0 Å². The number of carboxylic acid groups (broad SMARTS) is 2. The average molecular weight is 608 g/mol. The second-order valence-corrected chi connectivity index (χ2v) is 11.6.